The Morgan fingerprint density at radius 2 is 1.89 bits per heavy atom. The molecule has 1 atom stereocenters. The summed E-state index contributed by atoms with van der Waals surface area (Å²) in [4.78, 5) is 25.0. The van der Waals surface area contributed by atoms with E-state index in [0.29, 0.717) is 21.9 Å². The van der Waals surface area contributed by atoms with E-state index in [-0.39, 0.29) is 6.17 Å². The molecule has 0 amide bonds. The third-order valence-electron chi connectivity index (χ3n) is 5.86. The Balaban J connectivity index is 1.53. The number of benzene rings is 1. The molecule has 1 aliphatic heterocycles. The average Bonchev–Trinajstić information content (AvgIpc) is 3.34. The molecule has 1 aromatic carbocycles. The molecule has 6 nitrogen and oxygen atoms in total. The second kappa shape index (κ2) is 9.98. The maximum absolute atomic E-state index is 14.7. The van der Waals surface area contributed by atoms with Gasteiger partial charge >= 0.3 is 0 Å². The lowest BCUT2D eigenvalue weighted by Gasteiger charge is -2.11. The van der Waals surface area contributed by atoms with Crippen molar-refractivity contribution in [1.29, 1.82) is 0 Å². The summed E-state index contributed by atoms with van der Waals surface area (Å²) in [6.07, 6.45) is 8.94. The van der Waals surface area contributed by atoms with Gasteiger partial charge in [-0.05, 0) is 81.5 Å². The number of aliphatic imine (C=N–C) groups is 2. The standard InChI is InChI=1S/C27H24ClFN6/c1-35(2)10-4-6-26-32-16-25(33-26)18-11-17(14-30-15-18)21-13-24(22-12-19(28)7-8-23(22)29)34-27-20(21)5-3-9-31-27/h3,5,7-9,11-16,26H,4,6,10H2,1-2H3. The van der Waals surface area contributed by atoms with E-state index in [9.17, 15) is 4.39 Å². The zero-order valence-electron chi connectivity index (χ0n) is 19.5. The predicted molar refractivity (Wildman–Crippen MR) is 140 cm³/mol. The van der Waals surface area contributed by atoms with Crippen LogP contribution in [0.3, 0.4) is 0 Å². The van der Waals surface area contributed by atoms with Gasteiger partial charge in [0.25, 0.3) is 0 Å². The van der Waals surface area contributed by atoms with Crippen molar-refractivity contribution >= 4 is 34.6 Å². The van der Waals surface area contributed by atoms with E-state index in [0.717, 1.165) is 47.2 Å². The van der Waals surface area contributed by atoms with Gasteiger partial charge in [0.2, 0.25) is 0 Å². The smallest absolute Gasteiger partial charge is 0.160 e. The average molecular weight is 487 g/mol. The zero-order chi connectivity index (χ0) is 24.4. The van der Waals surface area contributed by atoms with Crippen molar-refractivity contribution in [3.63, 3.8) is 0 Å². The van der Waals surface area contributed by atoms with Gasteiger partial charge in [-0.1, -0.05) is 11.6 Å². The van der Waals surface area contributed by atoms with E-state index in [4.69, 9.17) is 16.6 Å². The van der Waals surface area contributed by atoms with Crippen LogP contribution in [0.5, 0.6) is 0 Å². The van der Waals surface area contributed by atoms with Gasteiger partial charge in [-0.15, -0.1) is 0 Å². The lowest BCUT2D eigenvalue weighted by atomic mass is 9.99. The summed E-state index contributed by atoms with van der Waals surface area (Å²) >= 11 is 6.15. The summed E-state index contributed by atoms with van der Waals surface area (Å²) in [5, 5.41) is 1.29. The highest BCUT2D eigenvalue weighted by Crippen LogP contribution is 2.33. The summed E-state index contributed by atoms with van der Waals surface area (Å²) in [5.74, 6) is -0.396. The molecule has 0 fully saturated rings. The van der Waals surface area contributed by atoms with Crippen molar-refractivity contribution < 1.29 is 4.39 Å². The van der Waals surface area contributed by atoms with Crippen LogP contribution in [0.4, 0.5) is 4.39 Å². The fraction of sp³-hybridized carbons (Fsp3) is 0.222. The first kappa shape index (κ1) is 23.2. The molecule has 35 heavy (non-hydrogen) atoms. The Morgan fingerprint density at radius 1 is 1.03 bits per heavy atom. The normalized spacial score (nSPS) is 15.2. The topological polar surface area (TPSA) is 66.6 Å². The van der Waals surface area contributed by atoms with Crippen LogP contribution in [0.2, 0.25) is 5.02 Å². The maximum Gasteiger partial charge on any atom is 0.160 e. The van der Waals surface area contributed by atoms with E-state index >= 15 is 0 Å². The quantitative estimate of drug-likeness (QED) is 0.336. The Hall–Kier alpha value is -3.55. The van der Waals surface area contributed by atoms with Crippen LogP contribution in [-0.4, -0.2) is 58.6 Å². The highest BCUT2D eigenvalue weighted by molar-refractivity contribution is 6.39. The second-order valence-electron chi connectivity index (χ2n) is 8.73. The lowest BCUT2D eigenvalue weighted by molar-refractivity contribution is 0.387. The number of fused-ring (bicyclic) bond motifs is 1. The van der Waals surface area contributed by atoms with Crippen molar-refractivity contribution in [2.45, 2.75) is 19.0 Å². The zero-order valence-corrected chi connectivity index (χ0v) is 20.2. The SMILES string of the molecule is CN(C)CCCC1N=CC(c2cncc(-c3cc(-c4cc(Cl)ccc4F)nc4ncccc34)c2)=N1. The van der Waals surface area contributed by atoms with E-state index in [1.54, 1.807) is 24.7 Å². The molecule has 5 rings (SSSR count). The van der Waals surface area contributed by atoms with Crippen molar-refractivity contribution in [3.8, 4) is 22.4 Å². The van der Waals surface area contributed by atoms with Crippen LogP contribution < -0.4 is 0 Å². The largest absolute Gasteiger partial charge is 0.309 e. The molecule has 3 aromatic heterocycles. The van der Waals surface area contributed by atoms with Crippen molar-refractivity contribution in [2.24, 2.45) is 9.98 Å². The first-order chi connectivity index (χ1) is 17.0. The third kappa shape index (κ3) is 5.11. The molecule has 1 unspecified atom stereocenters. The van der Waals surface area contributed by atoms with Gasteiger partial charge in [-0.3, -0.25) is 15.0 Å². The molecule has 0 N–H and O–H groups in total. The number of nitrogens with zero attached hydrogens (tertiary/aromatic N) is 6. The summed E-state index contributed by atoms with van der Waals surface area (Å²) in [5.41, 5.74) is 4.70. The van der Waals surface area contributed by atoms with Gasteiger partial charge in [0.15, 0.2) is 5.65 Å². The number of hydrogen-bond donors (Lipinski definition) is 0. The van der Waals surface area contributed by atoms with Crippen LogP contribution in [0, 0.1) is 5.82 Å². The van der Waals surface area contributed by atoms with Crippen LogP contribution >= 0.6 is 11.6 Å². The molecule has 8 heteroatoms. The molecule has 176 valence electrons. The minimum atomic E-state index is -0.396. The van der Waals surface area contributed by atoms with Crippen molar-refractivity contribution in [2.75, 3.05) is 20.6 Å². The van der Waals surface area contributed by atoms with E-state index in [1.807, 2.05) is 30.5 Å². The first-order valence-electron chi connectivity index (χ1n) is 11.4. The second-order valence-corrected chi connectivity index (χ2v) is 9.17. The van der Waals surface area contributed by atoms with Gasteiger partial charge in [-0.25, -0.2) is 14.4 Å². The molecule has 0 bridgehead atoms. The summed E-state index contributed by atoms with van der Waals surface area (Å²) < 4.78 is 14.7. The molecule has 0 radical (unpaired) electrons. The molecule has 0 saturated carbocycles. The van der Waals surface area contributed by atoms with E-state index < -0.39 is 5.82 Å². The predicted octanol–water partition coefficient (Wildman–Crippen LogP) is 5.69. The third-order valence-corrected chi connectivity index (χ3v) is 6.09. The fourth-order valence-corrected chi connectivity index (χ4v) is 4.29. The molecule has 4 aromatic rings. The van der Waals surface area contributed by atoms with E-state index in [1.165, 1.54) is 12.1 Å². The van der Waals surface area contributed by atoms with E-state index in [2.05, 4.69) is 38.9 Å². The Morgan fingerprint density at radius 3 is 2.74 bits per heavy atom. The summed E-state index contributed by atoms with van der Waals surface area (Å²) in [6.45, 7) is 1.01. The number of aromatic nitrogens is 3. The number of pyridine rings is 3. The van der Waals surface area contributed by atoms with Crippen LogP contribution in [0.15, 0.2) is 71.0 Å². The minimum absolute atomic E-state index is 0.0584. The number of halogens is 2. The van der Waals surface area contributed by atoms with Gasteiger partial charge in [-0.2, -0.15) is 0 Å². The summed E-state index contributed by atoms with van der Waals surface area (Å²) in [6, 6.07) is 12.1. The molecule has 1 aliphatic rings. The highest BCUT2D eigenvalue weighted by Gasteiger charge is 2.17. The lowest BCUT2D eigenvalue weighted by Crippen LogP contribution is -2.14. The van der Waals surface area contributed by atoms with Gasteiger partial charge in [0.05, 0.1) is 11.4 Å². The van der Waals surface area contributed by atoms with Crippen molar-refractivity contribution in [3.05, 3.63) is 77.5 Å². The Kier molecular flexibility index (Phi) is 6.61. The summed E-state index contributed by atoms with van der Waals surface area (Å²) in [7, 11) is 4.13. The Bertz CT molecular complexity index is 1450. The first-order valence-corrected chi connectivity index (χ1v) is 11.8. The van der Waals surface area contributed by atoms with Crippen molar-refractivity contribution in [1.82, 2.24) is 19.9 Å². The fourth-order valence-electron chi connectivity index (χ4n) is 4.12. The van der Waals surface area contributed by atoms with Gasteiger partial charge in [0.1, 0.15) is 12.0 Å². The number of hydrogen-bond acceptors (Lipinski definition) is 6. The Labute approximate surface area is 208 Å². The van der Waals surface area contributed by atoms with Gasteiger partial charge in [0, 0.05) is 51.9 Å². The molecule has 4 heterocycles. The molecular formula is C27H24ClFN6. The maximum atomic E-state index is 14.7. The molecular weight excluding hydrogens is 463 g/mol. The highest BCUT2D eigenvalue weighted by atomic mass is 35.5. The molecule has 0 saturated heterocycles. The molecule has 0 spiro atoms. The number of rotatable bonds is 7. The van der Waals surface area contributed by atoms with Crippen LogP contribution in [0.1, 0.15) is 18.4 Å². The van der Waals surface area contributed by atoms with Crippen LogP contribution in [-0.2, 0) is 0 Å². The minimum Gasteiger partial charge on any atom is -0.309 e. The monoisotopic (exact) mass is 486 g/mol. The van der Waals surface area contributed by atoms with Gasteiger partial charge < -0.3 is 4.90 Å². The molecule has 0 aliphatic carbocycles. The van der Waals surface area contributed by atoms with Crippen LogP contribution in [0.25, 0.3) is 33.4 Å².